The lowest BCUT2D eigenvalue weighted by Gasteiger charge is -2.24. The third kappa shape index (κ3) is 3.08. The summed E-state index contributed by atoms with van der Waals surface area (Å²) in [7, 11) is 0. The number of amides is 1. The van der Waals surface area contributed by atoms with E-state index in [1.165, 1.54) is 0 Å². The molecule has 1 aliphatic carbocycles. The fourth-order valence-electron chi connectivity index (χ4n) is 3.43. The van der Waals surface area contributed by atoms with Crippen LogP contribution in [0.5, 0.6) is 0 Å². The van der Waals surface area contributed by atoms with Crippen LogP contribution in [0, 0.1) is 11.8 Å². The summed E-state index contributed by atoms with van der Waals surface area (Å²) >= 11 is 0. The summed E-state index contributed by atoms with van der Waals surface area (Å²) in [5, 5.41) is 9.36. The zero-order valence-electron chi connectivity index (χ0n) is 11.5. The van der Waals surface area contributed by atoms with Crippen molar-refractivity contribution in [2.75, 3.05) is 19.8 Å². The minimum absolute atomic E-state index is 0.0714. The first-order valence-corrected chi connectivity index (χ1v) is 7.25. The molecule has 1 heterocycles. The molecular weight excluding hydrogens is 246 g/mol. The number of rotatable bonds is 6. The summed E-state index contributed by atoms with van der Waals surface area (Å²) in [4.78, 5) is 25.1. The number of carboxylic acids is 1. The van der Waals surface area contributed by atoms with Gasteiger partial charge >= 0.3 is 5.97 Å². The van der Waals surface area contributed by atoms with E-state index in [1.807, 2.05) is 6.92 Å². The molecule has 0 aromatic heterocycles. The maximum atomic E-state index is 12.1. The Morgan fingerprint density at radius 3 is 2.79 bits per heavy atom. The molecule has 3 unspecified atom stereocenters. The minimum atomic E-state index is -0.850. The largest absolute Gasteiger partial charge is 0.480 e. The van der Waals surface area contributed by atoms with Gasteiger partial charge in [-0.1, -0.05) is 13.3 Å². The quantitative estimate of drug-likeness (QED) is 0.742. The van der Waals surface area contributed by atoms with Crippen molar-refractivity contribution in [3.05, 3.63) is 0 Å². The molecule has 0 radical (unpaired) electrons. The predicted molar refractivity (Wildman–Crippen MR) is 69.7 cm³/mol. The van der Waals surface area contributed by atoms with Gasteiger partial charge in [-0.05, 0) is 31.1 Å². The normalized spacial score (nSPS) is 29.5. The number of aliphatic carboxylic acids is 1. The third-order valence-electron chi connectivity index (χ3n) is 4.27. The lowest BCUT2D eigenvalue weighted by Crippen LogP contribution is -2.43. The molecule has 3 atom stereocenters. The van der Waals surface area contributed by atoms with Crippen LogP contribution in [-0.4, -0.2) is 47.7 Å². The Morgan fingerprint density at radius 2 is 2.11 bits per heavy atom. The van der Waals surface area contributed by atoms with E-state index >= 15 is 0 Å². The highest BCUT2D eigenvalue weighted by Gasteiger charge is 2.49. The Labute approximate surface area is 113 Å². The van der Waals surface area contributed by atoms with Crippen LogP contribution in [-0.2, 0) is 14.3 Å². The summed E-state index contributed by atoms with van der Waals surface area (Å²) in [6.07, 6.45) is 4.33. The van der Waals surface area contributed by atoms with Gasteiger partial charge < -0.3 is 14.7 Å². The first-order valence-electron chi connectivity index (χ1n) is 7.25. The molecule has 1 aliphatic heterocycles. The standard InChI is InChI=1S/C14H23NO4/c1-2-7-19-8-6-12(16)15-9-10-4-3-5-11(10)13(15)14(17)18/h10-11,13H,2-9H2,1H3,(H,17,18). The average molecular weight is 269 g/mol. The lowest BCUT2D eigenvalue weighted by atomic mass is 9.94. The number of likely N-dealkylation sites (tertiary alicyclic amines) is 1. The fraction of sp³-hybridized carbons (Fsp3) is 0.857. The maximum Gasteiger partial charge on any atom is 0.326 e. The molecule has 19 heavy (non-hydrogen) atoms. The van der Waals surface area contributed by atoms with E-state index in [9.17, 15) is 14.7 Å². The van der Waals surface area contributed by atoms with Crippen LogP contribution in [0.25, 0.3) is 0 Å². The molecule has 1 saturated carbocycles. The Balaban J connectivity index is 1.91. The second kappa shape index (κ2) is 6.37. The van der Waals surface area contributed by atoms with Gasteiger partial charge in [-0.3, -0.25) is 4.79 Å². The molecule has 5 heteroatoms. The van der Waals surface area contributed by atoms with Crippen molar-refractivity contribution in [3.63, 3.8) is 0 Å². The first kappa shape index (κ1) is 14.3. The van der Waals surface area contributed by atoms with Gasteiger partial charge in [0.15, 0.2) is 0 Å². The summed E-state index contributed by atoms with van der Waals surface area (Å²) in [6, 6.07) is -0.605. The third-order valence-corrected chi connectivity index (χ3v) is 4.27. The van der Waals surface area contributed by atoms with Crippen molar-refractivity contribution in [1.82, 2.24) is 4.90 Å². The molecule has 0 bridgehead atoms. The van der Waals surface area contributed by atoms with E-state index < -0.39 is 12.0 Å². The van der Waals surface area contributed by atoms with Crippen molar-refractivity contribution < 1.29 is 19.4 Å². The molecule has 1 amide bonds. The average Bonchev–Trinajstić information content (AvgIpc) is 2.93. The Kier molecular flexibility index (Phi) is 4.80. The molecule has 2 fully saturated rings. The second-order valence-corrected chi connectivity index (χ2v) is 5.55. The lowest BCUT2D eigenvalue weighted by molar-refractivity contribution is -0.150. The highest BCUT2D eigenvalue weighted by molar-refractivity contribution is 5.84. The van der Waals surface area contributed by atoms with Crippen molar-refractivity contribution >= 4 is 11.9 Å². The van der Waals surface area contributed by atoms with Crippen LogP contribution in [0.4, 0.5) is 0 Å². The van der Waals surface area contributed by atoms with Crippen LogP contribution < -0.4 is 0 Å². The molecule has 1 N–H and O–H groups in total. The molecule has 0 aromatic rings. The van der Waals surface area contributed by atoms with Gasteiger partial charge in [-0.15, -0.1) is 0 Å². The highest BCUT2D eigenvalue weighted by Crippen LogP contribution is 2.42. The Morgan fingerprint density at radius 1 is 1.32 bits per heavy atom. The molecular formula is C14H23NO4. The van der Waals surface area contributed by atoms with Gasteiger partial charge in [0.25, 0.3) is 0 Å². The van der Waals surface area contributed by atoms with Crippen LogP contribution in [0.2, 0.25) is 0 Å². The summed E-state index contributed by atoms with van der Waals surface area (Å²) < 4.78 is 5.31. The maximum absolute atomic E-state index is 12.1. The fourth-order valence-corrected chi connectivity index (χ4v) is 3.43. The van der Waals surface area contributed by atoms with Crippen LogP contribution in [0.3, 0.4) is 0 Å². The van der Waals surface area contributed by atoms with Crippen LogP contribution >= 0.6 is 0 Å². The number of carbonyl (C=O) groups is 2. The highest BCUT2D eigenvalue weighted by atomic mass is 16.5. The number of carboxylic acid groups (broad SMARTS) is 1. The first-order chi connectivity index (χ1) is 9.15. The zero-order valence-corrected chi connectivity index (χ0v) is 11.5. The van der Waals surface area contributed by atoms with Crippen molar-refractivity contribution in [2.45, 2.75) is 45.1 Å². The minimum Gasteiger partial charge on any atom is -0.480 e. The molecule has 1 saturated heterocycles. The van der Waals surface area contributed by atoms with Gasteiger partial charge in [0.1, 0.15) is 6.04 Å². The van der Waals surface area contributed by atoms with E-state index in [0.29, 0.717) is 32.1 Å². The smallest absolute Gasteiger partial charge is 0.326 e. The van der Waals surface area contributed by atoms with Crippen molar-refractivity contribution in [1.29, 1.82) is 0 Å². The summed E-state index contributed by atoms with van der Waals surface area (Å²) in [5.41, 5.74) is 0. The number of hydrogen-bond donors (Lipinski definition) is 1. The SMILES string of the molecule is CCCOCCC(=O)N1CC2CCCC2C1C(=O)O. The summed E-state index contributed by atoms with van der Waals surface area (Å²) in [6.45, 7) is 3.68. The molecule has 2 aliphatic rings. The number of carbonyl (C=O) groups excluding carboxylic acids is 1. The monoisotopic (exact) mass is 269 g/mol. The van der Waals surface area contributed by atoms with E-state index in [4.69, 9.17) is 4.74 Å². The van der Waals surface area contributed by atoms with Gasteiger partial charge in [-0.25, -0.2) is 4.79 Å². The molecule has 5 nitrogen and oxygen atoms in total. The Bertz CT molecular complexity index is 344. The van der Waals surface area contributed by atoms with Crippen molar-refractivity contribution in [3.8, 4) is 0 Å². The predicted octanol–water partition coefficient (Wildman–Crippen LogP) is 1.51. The summed E-state index contributed by atoms with van der Waals surface area (Å²) in [5.74, 6) is -0.366. The topological polar surface area (TPSA) is 66.8 Å². The van der Waals surface area contributed by atoms with E-state index in [0.717, 1.165) is 25.7 Å². The van der Waals surface area contributed by atoms with Crippen molar-refractivity contribution in [2.24, 2.45) is 11.8 Å². The van der Waals surface area contributed by atoms with E-state index in [-0.39, 0.29) is 11.8 Å². The van der Waals surface area contributed by atoms with E-state index in [1.54, 1.807) is 4.90 Å². The second-order valence-electron chi connectivity index (χ2n) is 5.55. The molecule has 2 rings (SSSR count). The van der Waals surface area contributed by atoms with E-state index in [2.05, 4.69) is 0 Å². The van der Waals surface area contributed by atoms with Gasteiger partial charge in [0.2, 0.25) is 5.91 Å². The van der Waals surface area contributed by atoms with Gasteiger partial charge in [-0.2, -0.15) is 0 Å². The van der Waals surface area contributed by atoms with Crippen LogP contribution in [0.15, 0.2) is 0 Å². The molecule has 108 valence electrons. The zero-order chi connectivity index (χ0) is 13.8. The van der Waals surface area contributed by atoms with Gasteiger partial charge in [0, 0.05) is 13.2 Å². The number of hydrogen-bond acceptors (Lipinski definition) is 3. The number of nitrogens with zero attached hydrogens (tertiary/aromatic N) is 1. The number of fused-ring (bicyclic) bond motifs is 1. The molecule has 0 aromatic carbocycles. The van der Waals surface area contributed by atoms with Crippen LogP contribution in [0.1, 0.15) is 39.0 Å². The molecule has 0 spiro atoms. The Hall–Kier alpha value is -1.10. The van der Waals surface area contributed by atoms with Gasteiger partial charge in [0.05, 0.1) is 13.0 Å². The number of ether oxygens (including phenoxy) is 1.